The molecule has 0 bridgehead atoms. The number of rotatable bonds is 10. The summed E-state index contributed by atoms with van der Waals surface area (Å²) in [5.41, 5.74) is 0. The molecule has 1 amide bonds. The molecule has 4 heteroatoms. The van der Waals surface area contributed by atoms with Gasteiger partial charge in [-0.2, -0.15) is 0 Å². The molecule has 1 aliphatic rings. The summed E-state index contributed by atoms with van der Waals surface area (Å²) in [5.74, 6) is 0.353. The summed E-state index contributed by atoms with van der Waals surface area (Å²) in [4.78, 5) is 13.7. The molecule has 3 nitrogen and oxygen atoms in total. The number of amides is 1. The molecule has 1 fully saturated rings. The molecule has 20 heavy (non-hydrogen) atoms. The zero-order valence-corrected chi connectivity index (χ0v) is 14.4. The Morgan fingerprint density at radius 3 is 2.20 bits per heavy atom. The zero-order chi connectivity index (χ0) is 14.1. The van der Waals surface area contributed by atoms with Crippen LogP contribution in [0.3, 0.4) is 0 Å². The maximum atomic E-state index is 11.6. The van der Waals surface area contributed by atoms with E-state index in [0.717, 1.165) is 30.5 Å². The Morgan fingerprint density at radius 1 is 1.05 bits per heavy atom. The molecule has 1 heterocycles. The van der Waals surface area contributed by atoms with Crippen LogP contribution in [0.2, 0.25) is 0 Å². The van der Waals surface area contributed by atoms with E-state index in [0.29, 0.717) is 5.91 Å². The number of hydrogen-bond acceptors (Lipinski definition) is 1. The van der Waals surface area contributed by atoms with Crippen molar-refractivity contribution in [3.63, 3.8) is 0 Å². The smallest absolute Gasteiger partial charge is 0.226 e. The Bertz CT molecular complexity index is 269. The van der Waals surface area contributed by atoms with Crippen molar-refractivity contribution >= 4 is 5.91 Å². The van der Waals surface area contributed by atoms with Gasteiger partial charge in [-0.1, -0.05) is 39.0 Å². The molecule has 0 aromatic heterocycles. The van der Waals surface area contributed by atoms with Gasteiger partial charge in [-0.05, 0) is 19.3 Å². The van der Waals surface area contributed by atoms with E-state index in [-0.39, 0.29) is 12.4 Å². The van der Waals surface area contributed by atoms with E-state index >= 15 is 0 Å². The lowest BCUT2D eigenvalue weighted by Crippen LogP contribution is -3.00. The fraction of sp³-hybridized carbons (Fsp3) is 0.938. The van der Waals surface area contributed by atoms with Gasteiger partial charge in [-0.3, -0.25) is 9.69 Å². The molecule has 120 valence electrons. The minimum atomic E-state index is 0. The quantitative estimate of drug-likeness (QED) is 0.423. The molecule has 0 spiro atoms. The molecule has 0 N–H and O–H groups in total. The van der Waals surface area contributed by atoms with Gasteiger partial charge in [0.05, 0.1) is 20.6 Å². The second-order valence-corrected chi connectivity index (χ2v) is 6.68. The highest BCUT2D eigenvalue weighted by atomic mass is 35.5. The maximum Gasteiger partial charge on any atom is 0.226 e. The molecule has 0 atom stereocenters. The molecule has 1 rings (SSSR count). The Balaban J connectivity index is 0.00000361. The standard InChI is InChI=1S/C16H33N2O.ClH/c1-4-5-6-7-8-9-10-14-18(2,3)15-17-13-11-12-16(17)19;/h4-15H2,1-3H3;1H/q+1;/p-1. The maximum absolute atomic E-state index is 11.6. The minimum absolute atomic E-state index is 0. The van der Waals surface area contributed by atoms with Crippen molar-refractivity contribution in [1.82, 2.24) is 4.90 Å². The van der Waals surface area contributed by atoms with Gasteiger partial charge in [0.25, 0.3) is 0 Å². The summed E-state index contributed by atoms with van der Waals surface area (Å²) in [6.07, 6.45) is 11.3. The molecule has 1 aliphatic heterocycles. The van der Waals surface area contributed by atoms with Crippen LogP contribution in [0, 0.1) is 0 Å². The Kier molecular flexibility index (Phi) is 10.3. The van der Waals surface area contributed by atoms with Crippen molar-refractivity contribution < 1.29 is 21.7 Å². The van der Waals surface area contributed by atoms with E-state index in [1.54, 1.807) is 0 Å². The summed E-state index contributed by atoms with van der Waals surface area (Å²) < 4.78 is 0.959. The van der Waals surface area contributed by atoms with Crippen LogP contribution in [0.25, 0.3) is 0 Å². The number of unbranched alkanes of at least 4 members (excludes halogenated alkanes) is 6. The summed E-state index contributed by atoms with van der Waals surface area (Å²) in [5, 5.41) is 0. The molecule has 0 saturated carbocycles. The Labute approximate surface area is 131 Å². The summed E-state index contributed by atoms with van der Waals surface area (Å²) in [6, 6.07) is 0. The Morgan fingerprint density at radius 2 is 1.65 bits per heavy atom. The number of carbonyl (C=O) groups excluding carboxylic acids is 1. The van der Waals surface area contributed by atoms with E-state index in [1.807, 2.05) is 4.90 Å². The third-order valence-corrected chi connectivity index (χ3v) is 4.09. The van der Waals surface area contributed by atoms with Gasteiger partial charge in [0.15, 0.2) is 6.67 Å². The highest BCUT2D eigenvalue weighted by Crippen LogP contribution is 2.14. The normalized spacial score (nSPS) is 15.6. The summed E-state index contributed by atoms with van der Waals surface area (Å²) in [6.45, 7) is 5.32. The van der Waals surface area contributed by atoms with Crippen molar-refractivity contribution in [2.24, 2.45) is 0 Å². The number of nitrogens with zero attached hydrogens (tertiary/aromatic N) is 2. The predicted molar refractivity (Wildman–Crippen MR) is 80.8 cm³/mol. The van der Waals surface area contributed by atoms with Crippen LogP contribution < -0.4 is 12.4 Å². The molecule has 0 aromatic rings. The topological polar surface area (TPSA) is 20.3 Å². The van der Waals surface area contributed by atoms with Crippen LogP contribution >= 0.6 is 0 Å². The first-order valence-electron chi connectivity index (χ1n) is 8.15. The fourth-order valence-corrected chi connectivity index (χ4v) is 2.88. The number of carbonyl (C=O) groups is 1. The van der Waals surface area contributed by atoms with Gasteiger partial charge in [0, 0.05) is 13.0 Å². The van der Waals surface area contributed by atoms with Crippen LogP contribution in [0.5, 0.6) is 0 Å². The first-order valence-corrected chi connectivity index (χ1v) is 8.15. The highest BCUT2D eigenvalue weighted by Gasteiger charge is 2.26. The highest BCUT2D eigenvalue weighted by molar-refractivity contribution is 5.77. The minimum Gasteiger partial charge on any atom is -1.00 e. The Hall–Kier alpha value is -0.280. The first kappa shape index (κ1) is 19.7. The van der Waals surface area contributed by atoms with Gasteiger partial charge in [0.1, 0.15) is 0 Å². The van der Waals surface area contributed by atoms with E-state index in [2.05, 4.69) is 21.0 Å². The van der Waals surface area contributed by atoms with E-state index < -0.39 is 0 Å². The zero-order valence-electron chi connectivity index (χ0n) is 13.7. The molecule has 0 aliphatic carbocycles. The fourth-order valence-electron chi connectivity index (χ4n) is 2.88. The molecular formula is C16H33ClN2O. The lowest BCUT2D eigenvalue weighted by Gasteiger charge is -2.33. The van der Waals surface area contributed by atoms with Crippen molar-refractivity contribution in [1.29, 1.82) is 0 Å². The van der Waals surface area contributed by atoms with Crippen molar-refractivity contribution in [3.05, 3.63) is 0 Å². The SMILES string of the molecule is CCCCCCCCC[N+](C)(C)CN1CCCC1=O.[Cl-]. The lowest BCUT2D eigenvalue weighted by atomic mass is 10.1. The van der Waals surface area contributed by atoms with Gasteiger partial charge in [0.2, 0.25) is 5.91 Å². The van der Waals surface area contributed by atoms with Crippen LogP contribution in [0.1, 0.15) is 64.7 Å². The van der Waals surface area contributed by atoms with E-state index in [1.165, 1.54) is 51.5 Å². The third-order valence-electron chi connectivity index (χ3n) is 4.09. The second-order valence-electron chi connectivity index (χ2n) is 6.68. The molecule has 0 radical (unpaired) electrons. The molecule has 0 aromatic carbocycles. The predicted octanol–water partition coefficient (Wildman–Crippen LogP) is 0.397. The third kappa shape index (κ3) is 8.11. The number of halogens is 1. The van der Waals surface area contributed by atoms with Crippen LogP contribution in [-0.4, -0.2) is 49.1 Å². The summed E-state index contributed by atoms with van der Waals surface area (Å²) in [7, 11) is 4.51. The van der Waals surface area contributed by atoms with Gasteiger partial charge < -0.3 is 16.9 Å². The number of quaternary nitrogens is 1. The number of likely N-dealkylation sites (tertiary alicyclic amines) is 1. The number of hydrogen-bond donors (Lipinski definition) is 0. The van der Waals surface area contributed by atoms with E-state index in [9.17, 15) is 4.79 Å². The van der Waals surface area contributed by atoms with Gasteiger partial charge in [-0.15, -0.1) is 0 Å². The molecule has 0 unspecified atom stereocenters. The van der Waals surface area contributed by atoms with Crippen molar-refractivity contribution in [2.45, 2.75) is 64.7 Å². The largest absolute Gasteiger partial charge is 1.00 e. The van der Waals surface area contributed by atoms with Gasteiger partial charge in [-0.25, -0.2) is 0 Å². The van der Waals surface area contributed by atoms with Gasteiger partial charge >= 0.3 is 0 Å². The van der Waals surface area contributed by atoms with E-state index in [4.69, 9.17) is 0 Å². The summed E-state index contributed by atoms with van der Waals surface area (Å²) >= 11 is 0. The van der Waals surface area contributed by atoms with Crippen LogP contribution in [0.4, 0.5) is 0 Å². The second kappa shape index (κ2) is 10.4. The van der Waals surface area contributed by atoms with Crippen molar-refractivity contribution in [2.75, 3.05) is 33.9 Å². The molecule has 1 saturated heterocycles. The van der Waals surface area contributed by atoms with Crippen LogP contribution in [-0.2, 0) is 4.79 Å². The monoisotopic (exact) mass is 304 g/mol. The first-order chi connectivity index (χ1) is 9.05. The molecular weight excluding hydrogens is 272 g/mol. The lowest BCUT2D eigenvalue weighted by molar-refractivity contribution is -0.899. The van der Waals surface area contributed by atoms with Crippen molar-refractivity contribution in [3.8, 4) is 0 Å². The van der Waals surface area contributed by atoms with Crippen LogP contribution in [0.15, 0.2) is 0 Å². The average Bonchev–Trinajstić information content (AvgIpc) is 2.73. The average molecular weight is 305 g/mol.